The van der Waals surface area contributed by atoms with E-state index in [2.05, 4.69) is 15.6 Å². The quantitative estimate of drug-likeness (QED) is 0.676. The number of para-hydroxylation sites is 1. The summed E-state index contributed by atoms with van der Waals surface area (Å²) in [7, 11) is 1.27. The molecule has 8 nitrogen and oxygen atoms in total. The number of esters is 1. The van der Waals surface area contributed by atoms with Crippen LogP contribution in [0.2, 0.25) is 0 Å². The molecule has 28 heavy (non-hydrogen) atoms. The fourth-order valence-corrected chi connectivity index (χ4v) is 4.61. The van der Waals surface area contributed by atoms with Gasteiger partial charge in [0.2, 0.25) is 5.91 Å². The predicted molar refractivity (Wildman–Crippen MR) is 105 cm³/mol. The van der Waals surface area contributed by atoms with Gasteiger partial charge in [0.15, 0.2) is 4.83 Å². The fraction of sp³-hybridized carbons (Fsp3) is 0.316. The van der Waals surface area contributed by atoms with Crippen LogP contribution < -0.4 is 10.9 Å². The van der Waals surface area contributed by atoms with E-state index in [-0.39, 0.29) is 17.7 Å². The average molecular weight is 398 g/mol. The second-order valence-corrected chi connectivity index (χ2v) is 7.61. The van der Waals surface area contributed by atoms with Crippen molar-refractivity contribution >= 4 is 39.1 Å². The van der Waals surface area contributed by atoms with Crippen molar-refractivity contribution in [2.45, 2.75) is 32.2 Å². The van der Waals surface area contributed by atoms with Gasteiger partial charge in [0.1, 0.15) is 6.54 Å². The molecule has 0 radical (unpaired) electrons. The molecule has 3 aromatic rings. The highest BCUT2D eigenvalue weighted by Gasteiger charge is 2.21. The SMILES string of the molecule is COC(=O)c1ccccc1NC(=O)Cn1nnc2sc3c(c2c1=O)CCCC3. The third-order valence-electron chi connectivity index (χ3n) is 4.74. The minimum Gasteiger partial charge on any atom is -0.465 e. The van der Waals surface area contributed by atoms with Gasteiger partial charge < -0.3 is 10.1 Å². The molecule has 0 saturated heterocycles. The van der Waals surface area contributed by atoms with Crippen molar-refractivity contribution in [3.05, 3.63) is 50.6 Å². The van der Waals surface area contributed by atoms with E-state index >= 15 is 0 Å². The minimum atomic E-state index is -0.556. The number of hydrogen-bond donors (Lipinski definition) is 1. The largest absolute Gasteiger partial charge is 0.465 e. The number of anilines is 1. The maximum absolute atomic E-state index is 12.9. The number of thiophene rings is 1. The molecule has 9 heteroatoms. The first-order valence-corrected chi connectivity index (χ1v) is 9.75. The van der Waals surface area contributed by atoms with Crippen LogP contribution in [0, 0.1) is 0 Å². The lowest BCUT2D eigenvalue weighted by Gasteiger charge is -2.11. The number of carbonyl (C=O) groups excluding carboxylic acids is 2. The van der Waals surface area contributed by atoms with Gasteiger partial charge in [-0.3, -0.25) is 9.59 Å². The summed E-state index contributed by atoms with van der Waals surface area (Å²) in [5, 5.41) is 11.3. The first-order valence-electron chi connectivity index (χ1n) is 8.93. The highest BCUT2D eigenvalue weighted by Crippen LogP contribution is 2.33. The molecule has 2 aromatic heterocycles. The Morgan fingerprint density at radius 2 is 2.04 bits per heavy atom. The van der Waals surface area contributed by atoms with Crippen LogP contribution in [0.1, 0.15) is 33.6 Å². The lowest BCUT2D eigenvalue weighted by Crippen LogP contribution is -2.31. The van der Waals surface area contributed by atoms with Crippen LogP contribution >= 0.6 is 11.3 Å². The first-order chi connectivity index (χ1) is 13.6. The van der Waals surface area contributed by atoms with Crippen LogP contribution in [0.25, 0.3) is 10.2 Å². The molecule has 0 saturated carbocycles. The Morgan fingerprint density at radius 1 is 1.25 bits per heavy atom. The zero-order valence-corrected chi connectivity index (χ0v) is 16.0. The Balaban J connectivity index is 1.61. The highest BCUT2D eigenvalue weighted by atomic mass is 32.1. The van der Waals surface area contributed by atoms with Crippen LogP contribution in [0.5, 0.6) is 0 Å². The maximum Gasteiger partial charge on any atom is 0.339 e. The molecular weight excluding hydrogens is 380 g/mol. The number of methoxy groups -OCH3 is 1. The molecule has 0 atom stereocenters. The van der Waals surface area contributed by atoms with Gasteiger partial charge in [0.25, 0.3) is 5.56 Å². The number of rotatable bonds is 4. The monoisotopic (exact) mass is 398 g/mol. The summed E-state index contributed by atoms with van der Waals surface area (Å²) in [6.45, 7) is -0.290. The van der Waals surface area contributed by atoms with E-state index in [1.807, 2.05) is 0 Å². The molecule has 0 aliphatic heterocycles. The molecule has 0 unspecified atom stereocenters. The van der Waals surface area contributed by atoms with Crippen molar-refractivity contribution in [3.63, 3.8) is 0 Å². The minimum absolute atomic E-state index is 0.235. The molecule has 1 aliphatic rings. The number of ether oxygens (including phenoxy) is 1. The molecule has 1 amide bonds. The topological polar surface area (TPSA) is 103 Å². The average Bonchev–Trinajstić information content (AvgIpc) is 3.09. The molecular formula is C19H18N4O4S. The van der Waals surface area contributed by atoms with Crippen molar-refractivity contribution < 1.29 is 14.3 Å². The van der Waals surface area contributed by atoms with Gasteiger partial charge in [-0.1, -0.05) is 17.3 Å². The molecule has 0 fully saturated rings. The van der Waals surface area contributed by atoms with Gasteiger partial charge in [-0.25, -0.2) is 9.48 Å². The number of aryl methyl sites for hydroxylation is 2. The second-order valence-electron chi connectivity index (χ2n) is 6.53. The molecule has 1 aliphatic carbocycles. The summed E-state index contributed by atoms with van der Waals surface area (Å²) >= 11 is 1.51. The summed E-state index contributed by atoms with van der Waals surface area (Å²) in [6.07, 6.45) is 3.98. The third kappa shape index (κ3) is 3.29. The maximum atomic E-state index is 12.9. The predicted octanol–water partition coefficient (Wildman–Crippen LogP) is 2.16. The van der Waals surface area contributed by atoms with Gasteiger partial charge >= 0.3 is 5.97 Å². The van der Waals surface area contributed by atoms with Gasteiger partial charge in [-0.2, -0.15) is 0 Å². The van der Waals surface area contributed by atoms with Crippen LogP contribution in [0.4, 0.5) is 5.69 Å². The lowest BCUT2D eigenvalue weighted by molar-refractivity contribution is -0.117. The van der Waals surface area contributed by atoms with E-state index in [1.54, 1.807) is 24.3 Å². The molecule has 1 aromatic carbocycles. The zero-order valence-electron chi connectivity index (χ0n) is 15.2. The summed E-state index contributed by atoms with van der Waals surface area (Å²) in [5.41, 5.74) is 1.30. The van der Waals surface area contributed by atoms with Crippen molar-refractivity contribution in [3.8, 4) is 0 Å². The van der Waals surface area contributed by atoms with Crippen LogP contribution in [-0.2, 0) is 28.9 Å². The first kappa shape index (κ1) is 18.3. The number of amides is 1. The number of fused-ring (bicyclic) bond motifs is 3. The number of carbonyl (C=O) groups is 2. The molecule has 0 spiro atoms. The van der Waals surface area contributed by atoms with Crippen molar-refractivity contribution in [2.75, 3.05) is 12.4 Å². The molecule has 1 N–H and O–H groups in total. The van der Waals surface area contributed by atoms with E-state index in [1.165, 1.54) is 23.3 Å². The summed E-state index contributed by atoms with van der Waals surface area (Å²) in [4.78, 5) is 39.0. The van der Waals surface area contributed by atoms with Crippen molar-refractivity contribution in [1.82, 2.24) is 15.0 Å². The number of benzene rings is 1. The Bertz CT molecular complexity index is 1130. The molecule has 144 valence electrons. The van der Waals surface area contributed by atoms with Crippen molar-refractivity contribution in [1.29, 1.82) is 0 Å². The number of nitrogens with one attached hydrogen (secondary N) is 1. The zero-order chi connectivity index (χ0) is 19.7. The Hall–Kier alpha value is -3.07. The van der Waals surface area contributed by atoms with E-state index in [4.69, 9.17) is 4.74 Å². The van der Waals surface area contributed by atoms with Gasteiger partial charge in [-0.15, -0.1) is 16.4 Å². The number of aromatic nitrogens is 3. The van der Waals surface area contributed by atoms with Gasteiger partial charge in [0, 0.05) is 4.88 Å². The molecule has 0 bridgehead atoms. The number of nitrogens with zero attached hydrogens (tertiary/aromatic N) is 3. The summed E-state index contributed by atoms with van der Waals surface area (Å²) < 4.78 is 5.79. The lowest BCUT2D eigenvalue weighted by atomic mass is 9.97. The van der Waals surface area contributed by atoms with Crippen LogP contribution in [0.15, 0.2) is 29.1 Å². The Morgan fingerprint density at radius 3 is 2.86 bits per heavy atom. The second kappa shape index (κ2) is 7.51. The fourth-order valence-electron chi connectivity index (χ4n) is 3.42. The third-order valence-corrected chi connectivity index (χ3v) is 5.92. The summed E-state index contributed by atoms with van der Waals surface area (Å²) in [5.74, 6) is -1.03. The highest BCUT2D eigenvalue weighted by molar-refractivity contribution is 7.18. The number of hydrogen-bond acceptors (Lipinski definition) is 7. The van der Waals surface area contributed by atoms with E-state index in [0.29, 0.717) is 15.9 Å². The molecule has 4 rings (SSSR count). The van der Waals surface area contributed by atoms with Crippen LogP contribution in [0.3, 0.4) is 0 Å². The standard InChI is InChI=1S/C19H18N4O4S/c1-27-19(26)11-6-2-4-8-13(11)20-15(24)10-23-18(25)16-12-7-3-5-9-14(12)28-17(16)21-22-23/h2,4,6,8H,3,5,7,9-10H2,1H3,(H,20,24). The van der Waals surface area contributed by atoms with E-state index in [9.17, 15) is 14.4 Å². The van der Waals surface area contributed by atoms with E-state index in [0.717, 1.165) is 35.9 Å². The van der Waals surface area contributed by atoms with Crippen molar-refractivity contribution in [2.24, 2.45) is 0 Å². The Labute approximate surface area is 164 Å². The van der Waals surface area contributed by atoms with Gasteiger partial charge in [0.05, 0.1) is 23.7 Å². The molecule has 2 heterocycles. The summed E-state index contributed by atoms with van der Waals surface area (Å²) in [6, 6.07) is 6.51. The smallest absolute Gasteiger partial charge is 0.339 e. The normalized spacial score (nSPS) is 13.2. The Kier molecular flexibility index (Phi) is 4.91. The van der Waals surface area contributed by atoms with Gasteiger partial charge in [-0.05, 0) is 43.4 Å². The van der Waals surface area contributed by atoms with E-state index < -0.39 is 11.9 Å². The van der Waals surface area contributed by atoms with Crippen LogP contribution in [-0.4, -0.2) is 34.0 Å².